The van der Waals surface area contributed by atoms with E-state index in [2.05, 4.69) is 15.5 Å². The van der Waals surface area contributed by atoms with Crippen LogP contribution in [0.3, 0.4) is 0 Å². The highest BCUT2D eigenvalue weighted by molar-refractivity contribution is 8.00. The van der Waals surface area contributed by atoms with Gasteiger partial charge >= 0.3 is 5.63 Å². The molecule has 0 unspecified atom stereocenters. The van der Waals surface area contributed by atoms with Crippen LogP contribution in [0.5, 0.6) is 0 Å². The van der Waals surface area contributed by atoms with Crippen LogP contribution in [0, 0.1) is 6.92 Å². The van der Waals surface area contributed by atoms with Gasteiger partial charge in [0.05, 0.1) is 0 Å². The van der Waals surface area contributed by atoms with Gasteiger partial charge in [-0.1, -0.05) is 47.4 Å². The largest absolute Gasteiger partial charge is 0.417 e. The number of nitrogens with one attached hydrogen (secondary N) is 1. The van der Waals surface area contributed by atoms with Gasteiger partial charge in [0, 0.05) is 6.07 Å². The highest BCUT2D eigenvalue weighted by Gasteiger charge is 2.15. The molecule has 0 atom stereocenters. The van der Waals surface area contributed by atoms with Gasteiger partial charge < -0.3 is 4.42 Å². The third kappa shape index (κ3) is 3.55. The number of aromatic nitrogens is 2. The number of thioether (sulfide) groups is 1. The molecular formula is C16H13N3O3S2. The van der Waals surface area contributed by atoms with Crippen molar-refractivity contribution < 1.29 is 9.21 Å². The fourth-order valence-corrected chi connectivity index (χ4v) is 3.31. The molecule has 0 saturated carbocycles. The predicted molar refractivity (Wildman–Crippen MR) is 94.8 cm³/mol. The van der Waals surface area contributed by atoms with Crippen molar-refractivity contribution >= 4 is 34.1 Å². The fraction of sp³-hybridized carbons (Fsp3) is 0.125. The standard InChI is InChI=1S/C16H13N3O3S2/c1-9-5-3-4-6-11(9)10-7-12(22-13(20)8-10)14(21)17-15-18-19-16(23-2)24-15/h3-8H,1-2H3,(H,17,18,21). The van der Waals surface area contributed by atoms with Crippen molar-refractivity contribution in [3.8, 4) is 11.1 Å². The number of hydrogen-bond donors (Lipinski definition) is 1. The van der Waals surface area contributed by atoms with E-state index in [4.69, 9.17) is 4.42 Å². The Morgan fingerprint density at radius 2 is 2.04 bits per heavy atom. The van der Waals surface area contributed by atoms with Gasteiger partial charge in [0.1, 0.15) is 0 Å². The van der Waals surface area contributed by atoms with E-state index in [0.29, 0.717) is 10.7 Å². The average Bonchev–Trinajstić information content (AvgIpc) is 3.02. The second-order valence-corrected chi connectivity index (χ2v) is 6.91. The van der Waals surface area contributed by atoms with E-state index in [1.54, 1.807) is 6.07 Å². The molecule has 0 fully saturated rings. The fourth-order valence-electron chi connectivity index (χ4n) is 2.14. The molecule has 1 aromatic carbocycles. The number of amides is 1. The Kier molecular flexibility index (Phi) is 4.77. The first-order valence-corrected chi connectivity index (χ1v) is 9.01. The Hall–Kier alpha value is -2.45. The SMILES string of the molecule is CSc1nnc(NC(=O)c2cc(-c3ccccc3C)cc(=O)o2)s1. The summed E-state index contributed by atoms with van der Waals surface area (Å²) in [6, 6.07) is 10.5. The van der Waals surface area contributed by atoms with Gasteiger partial charge in [0.25, 0.3) is 5.91 Å². The Morgan fingerprint density at radius 3 is 2.75 bits per heavy atom. The molecule has 0 aliphatic rings. The highest BCUT2D eigenvalue weighted by Crippen LogP contribution is 2.25. The summed E-state index contributed by atoms with van der Waals surface area (Å²) in [7, 11) is 0. The molecule has 1 amide bonds. The van der Waals surface area contributed by atoms with Gasteiger partial charge in [0.15, 0.2) is 10.1 Å². The minimum atomic E-state index is -0.581. The molecule has 3 rings (SSSR count). The van der Waals surface area contributed by atoms with E-state index in [9.17, 15) is 9.59 Å². The number of benzene rings is 1. The van der Waals surface area contributed by atoms with Crippen molar-refractivity contribution in [2.75, 3.05) is 11.6 Å². The highest BCUT2D eigenvalue weighted by atomic mass is 32.2. The molecule has 0 spiro atoms. The van der Waals surface area contributed by atoms with Gasteiger partial charge in [-0.15, -0.1) is 10.2 Å². The van der Waals surface area contributed by atoms with Crippen LogP contribution in [-0.4, -0.2) is 22.4 Å². The summed E-state index contributed by atoms with van der Waals surface area (Å²) in [6.45, 7) is 1.94. The molecule has 24 heavy (non-hydrogen) atoms. The van der Waals surface area contributed by atoms with Crippen LogP contribution in [0.4, 0.5) is 5.13 Å². The molecule has 0 radical (unpaired) electrons. The van der Waals surface area contributed by atoms with Crippen LogP contribution < -0.4 is 10.9 Å². The lowest BCUT2D eigenvalue weighted by molar-refractivity contribution is 0.0992. The number of rotatable bonds is 4. The quantitative estimate of drug-likeness (QED) is 0.567. The van der Waals surface area contributed by atoms with Crippen molar-refractivity contribution in [3.63, 3.8) is 0 Å². The van der Waals surface area contributed by atoms with Crippen molar-refractivity contribution in [1.29, 1.82) is 0 Å². The summed E-state index contributed by atoms with van der Waals surface area (Å²) in [4.78, 5) is 24.1. The molecule has 0 saturated heterocycles. The number of nitrogens with zero attached hydrogens (tertiary/aromatic N) is 2. The number of carbonyl (C=O) groups excluding carboxylic acids is 1. The third-order valence-corrected chi connectivity index (χ3v) is 5.07. The summed E-state index contributed by atoms with van der Waals surface area (Å²) < 4.78 is 5.77. The third-order valence-electron chi connectivity index (χ3n) is 3.25. The van der Waals surface area contributed by atoms with Gasteiger partial charge in [-0.25, -0.2) is 4.79 Å². The summed E-state index contributed by atoms with van der Waals surface area (Å²) in [5.41, 5.74) is 1.93. The van der Waals surface area contributed by atoms with Crippen LogP contribution >= 0.6 is 23.1 Å². The zero-order valence-corrected chi connectivity index (χ0v) is 14.5. The second-order valence-electron chi connectivity index (χ2n) is 4.88. The van der Waals surface area contributed by atoms with Crippen LogP contribution in [0.2, 0.25) is 0 Å². The van der Waals surface area contributed by atoms with E-state index in [0.717, 1.165) is 15.5 Å². The normalized spacial score (nSPS) is 10.6. The van der Waals surface area contributed by atoms with Crippen LogP contribution in [0.25, 0.3) is 11.1 Å². The van der Waals surface area contributed by atoms with E-state index >= 15 is 0 Å². The first-order chi connectivity index (χ1) is 11.6. The van der Waals surface area contributed by atoms with Gasteiger partial charge in [0.2, 0.25) is 5.13 Å². The topological polar surface area (TPSA) is 85.1 Å². The molecule has 2 aromatic heterocycles. The Morgan fingerprint density at radius 1 is 1.25 bits per heavy atom. The predicted octanol–water partition coefficient (Wildman–Crippen LogP) is 3.44. The maximum atomic E-state index is 12.3. The second kappa shape index (κ2) is 6.98. The summed E-state index contributed by atoms with van der Waals surface area (Å²) in [5.74, 6) is -0.604. The zero-order valence-electron chi connectivity index (χ0n) is 12.9. The molecule has 0 bridgehead atoms. The van der Waals surface area contributed by atoms with Crippen molar-refractivity contribution in [3.05, 3.63) is 58.1 Å². The zero-order chi connectivity index (χ0) is 17.1. The number of carbonyl (C=O) groups is 1. The Bertz CT molecular complexity index is 949. The lowest BCUT2D eigenvalue weighted by Crippen LogP contribution is -2.14. The molecule has 3 aromatic rings. The van der Waals surface area contributed by atoms with E-state index in [1.165, 1.54) is 29.2 Å². The molecule has 1 N–H and O–H groups in total. The van der Waals surface area contributed by atoms with Crippen LogP contribution in [-0.2, 0) is 0 Å². The first kappa shape index (κ1) is 16.4. The molecule has 6 nitrogen and oxygen atoms in total. The van der Waals surface area contributed by atoms with E-state index in [1.807, 2.05) is 37.4 Å². The molecular weight excluding hydrogens is 346 g/mol. The lowest BCUT2D eigenvalue weighted by atomic mass is 10.0. The van der Waals surface area contributed by atoms with E-state index < -0.39 is 11.5 Å². The lowest BCUT2D eigenvalue weighted by Gasteiger charge is -2.06. The Balaban J connectivity index is 1.92. The van der Waals surface area contributed by atoms with Crippen molar-refractivity contribution in [2.24, 2.45) is 0 Å². The van der Waals surface area contributed by atoms with Gasteiger partial charge in [-0.3, -0.25) is 10.1 Å². The van der Waals surface area contributed by atoms with Crippen molar-refractivity contribution in [1.82, 2.24) is 10.2 Å². The van der Waals surface area contributed by atoms with Crippen molar-refractivity contribution in [2.45, 2.75) is 11.3 Å². The maximum absolute atomic E-state index is 12.3. The number of aryl methyl sites for hydroxylation is 1. The summed E-state index contributed by atoms with van der Waals surface area (Å²) in [6.07, 6.45) is 1.87. The number of anilines is 1. The maximum Gasteiger partial charge on any atom is 0.336 e. The number of hydrogen-bond acceptors (Lipinski definition) is 7. The molecule has 122 valence electrons. The molecule has 0 aliphatic heterocycles. The smallest absolute Gasteiger partial charge is 0.336 e. The minimum absolute atomic E-state index is 0.0679. The van der Waals surface area contributed by atoms with E-state index in [-0.39, 0.29) is 5.76 Å². The summed E-state index contributed by atoms with van der Waals surface area (Å²) >= 11 is 2.69. The minimum Gasteiger partial charge on any atom is -0.417 e. The molecule has 0 aliphatic carbocycles. The monoisotopic (exact) mass is 359 g/mol. The Labute approximate surface area is 145 Å². The average molecular weight is 359 g/mol. The molecule has 8 heteroatoms. The molecule has 2 heterocycles. The van der Waals surface area contributed by atoms with Gasteiger partial charge in [-0.05, 0) is 35.9 Å². The van der Waals surface area contributed by atoms with Crippen LogP contribution in [0.15, 0.2) is 49.9 Å². The van der Waals surface area contributed by atoms with Gasteiger partial charge in [-0.2, -0.15) is 0 Å². The summed E-state index contributed by atoms with van der Waals surface area (Å²) in [5, 5.41) is 10.7. The first-order valence-electron chi connectivity index (χ1n) is 6.97. The van der Waals surface area contributed by atoms with Crippen LogP contribution in [0.1, 0.15) is 16.1 Å².